The number of ether oxygens (including phenoxy) is 2. The molecule has 0 bridgehead atoms. The third-order valence-corrected chi connectivity index (χ3v) is 4.06. The molecule has 0 radical (unpaired) electrons. The van der Waals surface area contributed by atoms with Crippen LogP contribution in [0.2, 0.25) is 0 Å². The molecule has 3 N–H and O–H groups in total. The average molecular weight is 347 g/mol. The Balaban J connectivity index is 1.91. The van der Waals surface area contributed by atoms with E-state index in [4.69, 9.17) is 9.47 Å². The highest BCUT2D eigenvalue weighted by Gasteiger charge is 2.35. The van der Waals surface area contributed by atoms with Gasteiger partial charge in [0, 0.05) is 31.0 Å². The lowest BCUT2D eigenvalue weighted by Crippen LogP contribution is -2.29. The predicted octanol–water partition coefficient (Wildman–Crippen LogP) is 0.774. The molecule has 1 aromatic carbocycles. The van der Waals surface area contributed by atoms with Gasteiger partial charge in [-0.25, -0.2) is 4.79 Å². The fraction of sp³-hybridized carbons (Fsp3) is 0.412. The molecule has 1 fully saturated rings. The van der Waals surface area contributed by atoms with Crippen molar-refractivity contribution in [1.82, 2.24) is 9.55 Å². The Hall–Kier alpha value is -2.26. The lowest BCUT2D eigenvalue weighted by Gasteiger charge is -2.17. The van der Waals surface area contributed by atoms with E-state index >= 15 is 0 Å². The van der Waals surface area contributed by atoms with E-state index in [1.807, 2.05) is 30.3 Å². The number of aromatic nitrogens is 2. The quantitative estimate of drug-likeness (QED) is 0.709. The van der Waals surface area contributed by atoms with Crippen molar-refractivity contribution < 1.29 is 19.7 Å². The van der Waals surface area contributed by atoms with Gasteiger partial charge in [0.1, 0.15) is 18.1 Å². The summed E-state index contributed by atoms with van der Waals surface area (Å²) in [6.45, 7) is -0.0560. The Bertz CT molecular complexity index is 765. The summed E-state index contributed by atoms with van der Waals surface area (Å²) in [5.74, 6) is 0.409. The lowest BCUT2D eigenvalue weighted by atomic mass is 10.2. The molecule has 2 heterocycles. The van der Waals surface area contributed by atoms with Crippen LogP contribution in [-0.2, 0) is 16.1 Å². The molecule has 1 aliphatic heterocycles. The zero-order chi connectivity index (χ0) is 17.8. The van der Waals surface area contributed by atoms with Crippen LogP contribution in [0.1, 0.15) is 18.2 Å². The minimum atomic E-state index is -0.824. The Kier molecular flexibility index (Phi) is 5.44. The molecular formula is C17H21N3O5. The normalized spacial score (nSPS) is 22.9. The second-order valence-electron chi connectivity index (χ2n) is 5.84. The largest absolute Gasteiger partial charge is 0.394 e. The minimum Gasteiger partial charge on any atom is -0.394 e. The maximum absolute atomic E-state index is 12.4. The van der Waals surface area contributed by atoms with E-state index in [0.29, 0.717) is 11.4 Å². The van der Waals surface area contributed by atoms with Crippen LogP contribution in [-0.4, -0.2) is 45.7 Å². The highest BCUT2D eigenvalue weighted by atomic mass is 16.5. The first kappa shape index (κ1) is 17.6. The van der Waals surface area contributed by atoms with Gasteiger partial charge in [-0.15, -0.1) is 0 Å². The molecule has 0 aliphatic carbocycles. The first-order chi connectivity index (χ1) is 12.1. The summed E-state index contributed by atoms with van der Waals surface area (Å²) < 4.78 is 12.1. The predicted molar refractivity (Wildman–Crippen MR) is 90.6 cm³/mol. The van der Waals surface area contributed by atoms with E-state index < -0.39 is 24.1 Å². The van der Waals surface area contributed by atoms with Crippen molar-refractivity contribution in [3.63, 3.8) is 0 Å². The zero-order valence-electron chi connectivity index (χ0n) is 13.8. The van der Waals surface area contributed by atoms with Gasteiger partial charge in [-0.05, 0) is 12.1 Å². The van der Waals surface area contributed by atoms with Gasteiger partial charge in [0.15, 0.2) is 0 Å². The van der Waals surface area contributed by atoms with E-state index in [2.05, 4.69) is 10.3 Å². The number of rotatable bonds is 6. The van der Waals surface area contributed by atoms with E-state index in [9.17, 15) is 15.0 Å². The number of para-hydroxylation sites is 1. The summed E-state index contributed by atoms with van der Waals surface area (Å²) in [6.07, 6.45) is -0.375. The number of methoxy groups -OCH3 is 1. The first-order valence-electron chi connectivity index (χ1n) is 8.00. The third-order valence-electron chi connectivity index (χ3n) is 4.06. The Morgan fingerprint density at radius 2 is 2.16 bits per heavy atom. The van der Waals surface area contributed by atoms with Gasteiger partial charge in [-0.2, -0.15) is 4.98 Å². The smallest absolute Gasteiger partial charge is 0.351 e. The Morgan fingerprint density at radius 3 is 2.80 bits per heavy atom. The van der Waals surface area contributed by atoms with E-state index in [1.165, 1.54) is 4.57 Å². The molecule has 0 spiro atoms. The van der Waals surface area contributed by atoms with Gasteiger partial charge >= 0.3 is 5.69 Å². The molecule has 1 saturated heterocycles. The van der Waals surface area contributed by atoms with Gasteiger partial charge in [0.2, 0.25) is 0 Å². The summed E-state index contributed by atoms with van der Waals surface area (Å²) in [6, 6.07) is 9.38. The number of benzene rings is 1. The van der Waals surface area contributed by atoms with Crippen molar-refractivity contribution in [2.75, 3.05) is 19.0 Å². The Labute approximate surface area is 144 Å². The van der Waals surface area contributed by atoms with Crippen molar-refractivity contribution in [1.29, 1.82) is 0 Å². The number of hydrogen-bond donors (Lipinski definition) is 3. The fourth-order valence-electron chi connectivity index (χ4n) is 2.79. The van der Waals surface area contributed by atoms with Crippen molar-refractivity contribution in [2.45, 2.75) is 31.5 Å². The van der Waals surface area contributed by atoms with Crippen molar-refractivity contribution in [3.8, 4) is 0 Å². The number of aliphatic hydroxyl groups is 2. The van der Waals surface area contributed by atoms with Crippen LogP contribution in [0.15, 0.2) is 41.3 Å². The van der Waals surface area contributed by atoms with E-state index in [0.717, 1.165) is 5.69 Å². The first-order valence-corrected chi connectivity index (χ1v) is 8.00. The van der Waals surface area contributed by atoms with Crippen molar-refractivity contribution >= 4 is 11.5 Å². The molecular weight excluding hydrogens is 326 g/mol. The number of anilines is 2. The second-order valence-corrected chi connectivity index (χ2v) is 5.84. The molecule has 0 saturated carbocycles. The maximum atomic E-state index is 12.4. The molecule has 3 rings (SSSR count). The molecule has 25 heavy (non-hydrogen) atoms. The summed E-state index contributed by atoms with van der Waals surface area (Å²) in [5, 5.41) is 22.2. The molecule has 1 aliphatic rings. The molecule has 3 atom stereocenters. The highest BCUT2D eigenvalue weighted by Crippen LogP contribution is 2.28. The number of hydrogen-bond acceptors (Lipinski definition) is 7. The highest BCUT2D eigenvalue weighted by molar-refractivity contribution is 5.58. The third kappa shape index (κ3) is 3.88. The summed E-state index contributed by atoms with van der Waals surface area (Å²) >= 11 is 0. The van der Waals surface area contributed by atoms with E-state index in [1.54, 1.807) is 13.3 Å². The lowest BCUT2D eigenvalue weighted by molar-refractivity contribution is -0.0460. The van der Waals surface area contributed by atoms with Crippen LogP contribution in [0.5, 0.6) is 0 Å². The molecule has 0 amide bonds. The topological polar surface area (TPSA) is 106 Å². The number of aliphatic hydroxyl groups excluding tert-OH is 2. The minimum absolute atomic E-state index is 0.213. The van der Waals surface area contributed by atoms with Crippen molar-refractivity contribution in [3.05, 3.63) is 52.6 Å². The van der Waals surface area contributed by atoms with Crippen LogP contribution in [0, 0.1) is 0 Å². The van der Waals surface area contributed by atoms with Crippen LogP contribution in [0.3, 0.4) is 0 Å². The standard InChI is InChI=1S/C17H21N3O5/c1-24-10-11-8-20(15-7-13(22)14(9-21)25-15)17(23)19-16(11)18-12-5-3-2-4-6-12/h2-6,8,13-15,21-22H,7,9-10H2,1H3,(H,18,19,23)/t13-,14+,15+/m0/s1. The molecule has 1 aromatic heterocycles. The van der Waals surface area contributed by atoms with Gasteiger partial charge in [-0.1, -0.05) is 18.2 Å². The maximum Gasteiger partial charge on any atom is 0.351 e. The molecule has 2 aromatic rings. The zero-order valence-corrected chi connectivity index (χ0v) is 13.8. The van der Waals surface area contributed by atoms with Crippen LogP contribution >= 0.6 is 0 Å². The van der Waals surface area contributed by atoms with E-state index in [-0.39, 0.29) is 19.6 Å². The molecule has 0 unspecified atom stereocenters. The fourth-order valence-corrected chi connectivity index (χ4v) is 2.79. The summed E-state index contributed by atoms with van der Waals surface area (Å²) in [4.78, 5) is 16.5. The number of nitrogens with zero attached hydrogens (tertiary/aromatic N) is 2. The summed E-state index contributed by atoms with van der Waals surface area (Å²) in [5.41, 5.74) is 0.975. The number of nitrogens with one attached hydrogen (secondary N) is 1. The van der Waals surface area contributed by atoms with Gasteiger partial charge in [0.05, 0.1) is 19.3 Å². The summed E-state index contributed by atoms with van der Waals surface area (Å²) in [7, 11) is 1.55. The molecule has 8 nitrogen and oxygen atoms in total. The van der Waals surface area contributed by atoms with Crippen LogP contribution in [0.25, 0.3) is 0 Å². The monoisotopic (exact) mass is 347 g/mol. The molecule has 8 heteroatoms. The van der Waals surface area contributed by atoms with Gasteiger partial charge < -0.3 is 25.0 Å². The van der Waals surface area contributed by atoms with Gasteiger partial charge in [-0.3, -0.25) is 4.57 Å². The van der Waals surface area contributed by atoms with Gasteiger partial charge in [0.25, 0.3) is 0 Å². The molecule has 134 valence electrons. The van der Waals surface area contributed by atoms with Crippen LogP contribution in [0.4, 0.5) is 11.5 Å². The second kappa shape index (κ2) is 7.75. The Morgan fingerprint density at radius 1 is 1.40 bits per heavy atom. The SMILES string of the molecule is COCc1cn([C@H]2C[C@H](O)[C@@H](CO)O2)c(=O)nc1Nc1ccccc1. The van der Waals surface area contributed by atoms with Crippen molar-refractivity contribution in [2.24, 2.45) is 0 Å². The van der Waals surface area contributed by atoms with Crippen LogP contribution < -0.4 is 11.0 Å². The average Bonchev–Trinajstić information content (AvgIpc) is 2.99.